The second kappa shape index (κ2) is 6.95. The van der Waals surface area contributed by atoms with Gasteiger partial charge in [0.2, 0.25) is 0 Å². The van der Waals surface area contributed by atoms with Crippen LogP contribution in [0, 0.1) is 13.8 Å². The Hall–Kier alpha value is -1.85. The number of aryl methyl sites for hydroxylation is 2. The lowest BCUT2D eigenvalue weighted by atomic mass is 10.1. The predicted molar refractivity (Wildman–Crippen MR) is 98.3 cm³/mol. The quantitative estimate of drug-likeness (QED) is 0.873. The van der Waals surface area contributed by atoms with Crippen LogP contribution in [0.2, 0.25) is 5.02 Å². The van der Waals surface area contributed by atoms with Gasteiger partial charge in [-0.15, -0.1) is 11.3 Å². The minimum Gasteiger partial charge on any atom is -0.339 e. The fourth-order valence-corrected chi connectivity index (χ4v) is 3.86. The molecule has 0 atom stereocenters. The molecule has 0 unspecified atom stereocenters. The zero-order valence-electron chi connectivity index (χ0n) is 13.7. The number of anilines is 1. The first-order valence-corrected chi connectivity index (χ1v) is 9.12. The van der Waals surface area contributed by atoms with Crippen molar-refractivity contribution in [3.05, 3.63) is 50.2 Å². The highest BCUT2D eigenvalue weighted by molar-refractivity contribution is 7.14. The maximum absolute atomic E-state index is 12.7. The molecule has 3 rings (SSSR count). The fraction of sp³-hybridized carbons (Fsp3) is 0.333. The van der Waals surface area contributed by atoms with Gasteiger partial charge >= 0.3 is 0 Å². The summed E-state index contributed by atoms with van der Waals surface area (Å²) in [5.41, 5.74) is 2.04. The topological polar surface area (TPSA) is 49.4 Å². The minimum atomic E-state index is -0.200. The molecule has 4 nitrogen and oxygen atoms in total. The van der Waals surface area contributed by atoms with Gasteiger partial charge in [-0.2, -0.15) is 0 Å². The Kier molecular flexibility index (Phi) is 4.92. The number of carbonyl (C=O) groups excluding carboxylic acids is 2. The Morgan fingerprint density at radius 2 is 1.88 bits per heavy atom. The third-order valence-corrected chi connectivity index (χ3v) is 5.63. The molecule has 0 spiro atoms. The van der Waals surface area contributed by atoms with Gasteiger partial charge in [0.25, 0.3) is 11.8 Å². The zero-order valence-corrected chi connectivity index (χ0v) is 15.3. The van der Waals surface area contributed by atoms with Crippen LogP contribution in [0.25, 0.3) is 0 Å². The number of halogens is 1. The molecule has 1 fully saturated rings. The van der Waals surface area contributed by atoms with Crippen molar-refractivity contribution < 1.29 is 9.59 Å². The van der Waals surface area contributed by atoms with E-state index in [0.717, 1.165) is 36.4 Å². The summed E-state index contributed by atoms with van der Waals surface area (Å²) in [5.74, 6) is -0.280. The highest BCUT2D eigenvalue weighted by Gasteiger charge is 2.23. The van der Waals surface area contributed by atoms with E-state index in [2.05, 4.69) is 5.32 Å². The van der Waals surface area contributed by atoms with E-state index in [9.17, 15) is 9.59 Å². The normalized spacial score (nSPS) is 14.0. The van der Waals surface area contributed by atoms with E-state index < -0.39 is 0 Å². The number of nitrogens with zero attached hydrogens (tertiary/aromatic N) is 1. The Morgan fingerprint density at radius 1 is 1.17 bits per heavy atom. The summed E-state index contributed by atoms with van der Waals surface area (Å²) in [4.78, 5) is 28.8. The molecule has 1 aliphatic heterocycles. The maximum Gasteiger partial charge on any atom is 0.265 e. The van der Waals surface area contributed by atoms with Crippen molar-refractivity contribution in [3.63, 3.8) is 0 Å². The summed E-state index contributed by atoms with van der Waals surface area (Å²) < 4.78 is 0. The Bertz CT molecular complexity index is 775. The average molecular weight is 363 g/mol. The number of likely N-dealkylation sites (tertiary alicyclic amines) is 1. The van der Waals surface area contributed by atoms with Gasteiger partial charge in [-0.1, -0.05) is 11.6 Å². The van der Waals surface area contributed by atoms with Gasteiger partial charge in [0.1, 0.15) is 0 Å². The number of thiophene rings is 1. The lowest BCUT2D eigenvalue weighted by molar-refractivity contribution is 0.0794. The Balaban J connectivity index is 1.87. The van der Waals surface area contributed by atoms with Crippen LogP contribution >= 0.6 is 22.9 Å². The predicted octanol–water partition coefficient (Wildman–Crippen LogP) is 4.51. The zero-order chi connectivity index (χ0) is 17.3. The smallest absolute Gasteiger partial charge is 0.265 e. The van der Waals surface area contributed by atoms with Gasteiger partial charge < -0.3 is 10.2 Å². The average Bonchev–Trinajstić information content (AvgIpc) is 3.19. The number of rotatable bonds is 3. The third kappa shape index (κ3) is 3.47. The number of nitrogens with one attached hydrogen (secondary N) is 1. The van der Waals surface area contributed by atoms with Gasteiger partial charge in [-0.05, 0) is 56.5 Å². The van der Waals surface area contributed by atoms with Gasteiger partial charge in [-0.25, -0.2) is 0 Å². The van der Waals surface area contributed by atoms with Gasteiger partial charge in [0, 0.05) is 23.0 Å². The van der Waals surface area contributed by atoms with Crippen LogP contribution in [-0.2, 0) is 0 Å². The molecule has 1 aromatic heterocycles. The van der Waals surface area contributed by atoms with Crippen LogP contribution in [0.3, 0.4) is 0 Å². The highest BCUT2D eigenvalue weighted by atomic mass is 35.5. The highest BCUT2D eigenvalue weighted by Crippen LogP contribution is 2.26. The van der Waals surface area contributed by atoms with Gasteiger partial charge in [0.05, 0.1) is 16.1 Å². The second-order valence-electron chi connectivity index (χ2n) is 5.99. The van der Waals surface area contributed by atoms with Gasteiger partial charge in [-0.3, -0.25) is 9.59 Å². The largest absolute Gasteiger partial charge is 0.339 e. The molecular weight excluding hydrogens is 344 g/mol. The van der Waals surface area contributed by atoms with Crippen molar-refractivity contribution in [2.24, 2.45) is 0 Å². The summed E-state index contributed by atoms with van der Waals surface area (Å²) in [6.45, 7) is 5.47. The summed E-state index contributed by atoms with van der Waals surface area (Å²) in [6.07, 6.45) is 2.03. The molecule has 24 heavy (non-hydrogen) atoms. The molecule has 1 aromatic carbocycles. The summed E-state index contributed by atoms with van der Waals surface area (Å²) in [5, 5.41) is 3.35. The molecule has 1 saturated heterocycles. The van der Waals surface area contributed by atoms with E-state index in [4.69, 9.17) is 11.6 Å². The second-order valence-corrected chi connectivity index (χ2v) is 7.69. The van der Waals surface area contributed by atoms with Crippen LogP contribution in [0.1, 0.15) is 43.3 Å². The molecule has 2 amide bonds. The van der Waals surface area contributed by atoms with Crippen LogP contribution in [0.15, 0.2) is 24.3 Å². The number of carbonyl (C=O) groups is 2. The number of benzene rings is 1. The molecule has 2 heterocycles. The molecule has 1 aliphatic rings. The van der Waals surface area contributed by atoms with Gasteiger partial charge in [0.15, 0.2) is 0 Å². The van der Waals surface area contributed by atoms with E-state index >= 15 is 0 Å². The lowest BCUT2D eigenvalue weighted by Gasteiger charge is -2.18. The SMILES string of the molecule is Cc1cc(C(=O)Nc2ccc(Cl)cc2C(=O)N2CCCC2)sc1C. The standard InChI is InChI=1S/C18H19ClN2O2S/c1-11-9-16(24-12(11)2)17(22)20-15-6-5-13(19)10-14(15)18(23)21-7-3-4-8-21/h5-6,9-10H,3-4,7-8H2,1-2H3,(H,20,22). The van der Waals surface area contributed by atoms with E-state index in [1.807, 2.05) is 19.9 Å². The molecule has 126 valence electrons. The third-order valence-electron chi connectivity index (χ3n) is 4.24. The molecule has 0 aliphatic carbocycles. The maximum atomic E-state index is 12.7. The molecule has 1 N–H and O–H groups in total. The van der Waals surface area contributed by atoms with Crippen LogP contribution in [0.4, 0.5) is 5.69 Å². The van der Waals surface area contributed by atoms with E-state index in [-0.39, 0.29) is 11.8 Å². The summed E-state index contributed by atoms with van der Waals surface area (Å²) in [6, 6.07) is 6.87. The number of amides is 2. The summed E-state index contributed by atoms with van der Waals surface area (Å²) in [7, 11) is 0. The number of hydrogen-bond acceptors (Lipinski definition) is 3. The van der Waals surface area contributed by atoms with E-state index in [1.54, 1.807) is 23.1 Å². The van der Waals surface area contributed by atoms with E-state index in [1.165, 1.54) is 11.3 Å². The number of hydrogen-bond donors (Lipinski definition) is 1. The van der Waals surface area contributed by atoms with Crippen molar-refractivity contribution in [2.75, 3.05) is 18.4 Å². The first kappa shape index (κ1) is 17.0. The molecule has 6 heteroatoms. The van der Waals surface area contributed by atoms with Crippen molar-refractivity contribution in [2.45, 2.75) is 26.7 Å². The fourth-order valence-electron chi connectivity index (χ4n) is 2.76. The first-order valence-electron chi connectivity index (χ1n) is 7.93. The van der Waals surface area contributed by atoms with Crippen LogP contribution in [-0.4, -0.2) is 29.8 Å². The molecule has 2 aromatic rings. The van der Waals surface area contributed by atoms with Crippen molar-refractivity contribution in [1.29, 1.82) is 0 Å². The van der Waals surface area contributed by atoms with Crippen molar-refractivity contribution in [3.8, 4) is 0 Å². The molecule has 0 bridgehead atoms. The summed E-state index contributed by atoms with van der Waals surface area (Å²) >= 11 is 7.51. The monoisotopic (exact) mass is 362 g/mol. The van der Waals surface area contributed by atoms with Crippen molar-refractivity contribution >= 4 is 40.4 Å². The Morgan fingerprint density at radius 3 is 2.50 bits per heavy atom. The van der Waals surface area contributed by atoms with Crippen LogP contribution < -0.4 is 5.32 Å². The van der Waals surface area contributed by atoms with Crippen LogP contribution in [0.5, 0.6) is 0 Å². The van der Waals surface area contributed by atoms with Crippen molar-refractivity contribution in [1.82, 2.24) is 4.90 Å². The first-order chi connectivity index (χ1) is 11.5. The molecular formula is C18H19ClN2O2S. The Labute approximate surface area is 150 Å². The van der Waals surface area contributed by atoms with E-state index in [0.29, 0.717) is 21.2 Å². The lowest BCUT2D eigenvalue weighted by Crippen LogP contribution is -2.28. The molecule has 0 saturated carbocycles. The molecule has 0 radical (unpaired) electrons. The minimum absolute atomic E-state index is 0.0798.